The molecule has 0 aromatic rings. The van der Waals surface area contributed by atoms with Crippen molar-refractivity contribution < 1.29 is 4.84 Å². The van der Waals surface area contributed by atoms with Crippen LogP contribution >= 0.6 is 0 Å². The van der Waals surface area contributed by atoms with Gasteiger partial charge in [-0.3, -0.25) is 5.43 Å². The lowest BCUT2D eigenvalue weighted by molar-refractivity contribution is -0.129. The Morgan fingerprint density at radius 1 is 1.86 bits per heavy atom. The quantitative estimate of drug-likeness (QED) is 0.320. The summed E-state index contributed by atoms with van der Waals surface area (Å²) in [6.07, 6.45) is 1.44. The fourth-order valence-corrected chi connectivity index (χ4v) is 0.294. The van der Waals surface area contributed by atoms with E-state index >= 15 is 0 Å². The second-order valence-corrected chi connectivity index (χ2v) is 1.09. The smallest absolute Gasteiger partial charge is 0.231 e. The predicted octanol–water partition coefficient (Wildman–Crippen LogP) is -1.63. The molecule has 0 saturated carbocycles. The van der Waals surface area contributed by atoms with Crippen LogP contribution in [0.4, 0.5) is 0 Å². The van der Waals surface area contributed by atoms with Crippen LogP contribution in [0.2, 0.25) is 0 Å². The number of nitrogens with one attached hydrogen (secondary N) is 1. The molecule has 0 atom stereocenters. The summed E-state index contributed by atoms with van der Waals surface area (Å²) in [5, 5.41) is 0.912. The zero-order chi connectivity index (χ0) is 5.28. The maximum atomic E-state index is 5.08. The summed E-state index contributed by atoms with van der Waals surface area (Å²) in [6.45, 7) is 0. The van der Waals surface area contributed by atoms with Gasteiger partial charge in [-0.2, -0.15) is 0 Å². The van der Waals surface area contributed by atoms with Crippen LogP contribution in [-0.2, 0) is 4.84 Å². The van der Waals surface area contributed by atoms with E-state index in [4.69, 9.17) is 11.6 Å². The van der Waals surface area contributed by atoms with Crippen LogP contribution < -0.4 is 17.0 Å². The molecule has 0 saturated heterocycles. The zero-order valence-electron chi connectivity index (χ0n) is 3.59. The van der Waals surface area contributed by atoms with E-state index in [0.717, 1.165) is 5.28 Å². The molecule has 7 heavy (non-hydrogen) atoms. The largest absolute Gasteiger partial charge is 0.367 e. The molecule has 0 spiro atoms. The summed E-state index contributed by atoms with van der Waals surface area (Å²) >= 11 is 0. The topological polar surface area (TPSA) is 76.5 Å². The van der Waals surface area contributed by atoms with Crippen LogP contribution in [0.25, 0.3) is 0 Å². The molecule has 1 rings (SSSR count). The molecule has 0 aromatic carbocycles. The third kappa shape index (κ3) is 0.729. The van der Waals surface area contributed by atoms with Crippen molar-refractivity contribution in [1.29, 1.82) is 0 Å². The normalized spacial score (nSPS) is 20.4. The van der Waals surface area contributed by atoms with Gasteiger partial charge in [0.1, 0.15) is 0 Å². The molecular formula is C2H6N4O. The lowest BCUT2D eigenvalue weighted by Crippen LogP contribution is -2.35. The summed E-state index contributed by atoms with van der Waals surface area (Å²) < 4.78 is 0. The van der Waals surface area contributed by atoms with Crippen LogP contribution in [0.1, 0.15) is 0 Å². The Morgan fingerprint density at radius 2 is 2.57 bits per heavy atom. The molecule has 0 bridgehead atoms. The van der Waals surface area contributed by atoms with E-state index in [-0.39, 0.29) is 5.88 Å². The average Bonchev–Trinajstić information content (AvgIpc) is 1.87. The van der Waals surface area contributed by atoms with Crippen molar-refractivity contribution in [3.05, 3.63) is 12.1 Å². The van der Waals surface area contributed by atoms with Crippen LogP contribution in [0.3, 0.4) is 0 Å². The number of nitrogens with two attached hydrogens (primary N) is 2. The predicted molar refractivity (Wildman–Crippen MR) is 22.5 cm³/mol. The van der Waals surface area contributed by atoms with Crippen molar-refractivity contribution >= 4 is 0 Å². The lowest BCUT2D eigenvalue weighted by Gasteiger charge is -2.04. The maximum absolute atomic E-state index is 5.08. The van der Waals surface area contributed by atoms with Crippen LogP contribution in [-0.4, -0.2) is 5.28 Å². The minimum absolute atomic E-state index is 0.266. The highest BCUT2D eigenvalue weighted by molar-refractivity contribution is 4.85. The number of rotatable bonds is 0. The standard InChI is InChI=1S/C2H6N4O/c3-2-1-5-6(4)7-2/h1,5H,3-4H2. The first-order chi connectivity index (χ1) is 3.29. The second kappa shape index (κ2) is 1.28. The van der Waals surface area contributed by atoms with E-state index in [1.54, 1.807) is 0 Å². The minimum atomic E-state index is 0.266. The van der Waals surface area contributed by atoms with Gasteiger partial charge in [-0.15, -0.1) is 0 Å². The molecule has 0 aromatic heterocycles. The van der Waals surface area contributed by atoms with E-state index in [0.29, 0.717) is 0 Å². The van der Waals surface area contributed by atoms with Gasteiger partial charge in [0.05, 0.1) is 6.20 Å². The molecule has 0 unspecified atom stereocenters. The molecule has 1 aliphatic heterocycles. The van der Waals surface area contributed by atoms with Crippen molar-refractivity contribution in [2.75, 3.05) is 0 Å². The summed E-state index contributed by atoms with van der Waals surface area (Å²) in [6, 6.07) is 0. The molecule has 40 valence electrons. The Balaban J connectivity index is 2.42. The van der Waals surface area contributed by atoms with Gasteiger partial charge in [0.15, 0.2) is 0 Å². The van der Waals surface area contributed by atoms with Crippen molar-refractivity contribution in [3.63, 3.8) is 0 Å². The fraction of sp³-hybridized carbons (Fsp3) is 0. The van der Waals surface area contributed by atoms with Crippen molar-refractivity contribution in [3.8, 4) is 0 Å². The van der Waals surface area contributed by atoms with Crippen LogP contribution in [0.5, 0.6) is 0 Å². The van der Waals surface area contributed by atoms with Crippen LogP contribution in [0, 0.1) is 0 Å². The van der Waals surface area contributed by atoms with E-state index in [2.05, 4.69) is 10.3 Å². The van der Waals surface area contributed by atoms with Gasteiger partial charge in [-0.25, -0.2) is 5.84 Å². The first-order valence-electron chi connectivity index (χ1n) is 1.73. The lowest BCUT2D eigenvalue weighted by atomic mass is 10.9. The minimum Gasteiger partial charge on any atom is -0.367 e. The summed E-state index contributed by atoms with van der Waals surface area (Å²) in [5.41, 5.74) is 7.55. The molecule has 0 amide bonds. The number of hydrazine groups is 2. The summed E-state index contributed by atoms with van der Waals surface area (Å²) in [5.74, 6) is 5.26. The van der Waals surface area contributed by atoms with Gasteiger partial charge in [-0.1, -0.05) is 0 Å². The molecule has 1 aliphatic rings. The Morgan fingerprint density at radius 3 is 2.71 bits per heavy atom. The highest BCUT2D eigenvalue weighted by atomic mass is 16.8. The van der Waals surface area contributed by atoms with E-state index in [1.807, 2.05) is 0 Å². The van der Waals surface area contributed by atoms with Gasteiger partial charge in [0.2, 0.25) is 5.88 Å². The molecule has 5 N–H and O–H groups in total. The van der Waals surface area contributed by atoms with Gasteiger partial charge < -0.3 is 10.6 Å². The number of hydrogen-bond acceptors (Lipinski definition) is 5. The molecule has 0 aliphatic carbocycles. The third-order valence-electron chi connectivity index (χ3n) is 0.538. The van der Waals surface area contributed by atoms with Crippen molar-refractivity contribution in [2.45, 2.75) is 0 Å². The van der Waals surface area contributed by atoms with E-state index in [9.17, 15) is 0 Å². The Hall–Kier alpha value is -0.940. The molecule has 0 fully saturated rings. The molecular weight excluding hydrogens is 96.0 g/mol. The Kier molecular flexibility index (Phi) is 0.775. The van der Waals surface area contributed by atoms with Crippen LogP contribution in [0.15, 0.2) is 12.1 Å². The highest BCUT2D eigenvalue weighted by Gasteiger charge is 2.04. The monoisotopic (exact) mass is 102 g/mol. The van der Waals surface area contributed by atoms with Gasteiger partial charge in [0, 0.05) is 5.28 Å². The average molecular weight is 102 g/mol. The highest BCUT2D eigenvalue weighted by Crippen LogP contribution is 1.92. The second-order valence-electron chi connectivity index (χ2n) is 1.09. The molecule has 1 heterocycles. The first kappa shape index (κ1) is 4.23. The maximum Gasteiger partial charge on any atom is 0.231 e. The van der Waals surface area contributed by atoms with Crippen molar-refractivity contribution in [2.24, 2.45) is 11.6 Å². The molecule has 5 nitrogen and oxygen atoms in total. The van der Waals surface area contributed by atoms with Gasteiger partial charge in [0.25, 0.3) is 0 Å². The van der Waals surface area contributed by atoms with Crippen molar-refractivity contribution in [1.82, 2.24) is 10.7 Å². The Bertz CT molecular complexity index is 99.9. The number of nitrogens with zero attached hydrogens (tertiary/aromatic N) is 1. The Labute approximate surface area is 40.4 Å². The SMILES string of the molecule is NC1=CNN(N)O1. The van der Waals surface area contributed by atoms with E-state index in [1.165, 1.54) is 6.20 Å². The van der Waals surface area contributed by atoms with Gasteiger partial charge >= 0.3 is 0 Å². The fourth-order valence-electron chi connectivity index (χ4n) is 0.294. The molecule has 0 radical (unpaired) electrons. The number of hydrogen-bond donors (Lipinski definition) is 3. The van der Waals surface area contributed by atoms with Gasteiger partial charge in [-0.05, 0) is 0 Å². The summed E-state index contributed by atoms with van der Waals surface area (Å²) in [7, 11) is 0. The first-order valence-corrected chi connectivity index (χ1v) is 1.73. The zero-order valence-corrected chi connectivity index (χ0v) is 3.59. The molecule has 5 heteroatoms. The van der Waals surface area contributed by atoms with E-state index < -0.39 is 0 Å². The third-order valence-corrected chi connectivity index (χ3v) is 0.538. The summed E-state index contributed by atoms with van der Waals surface area (Å²) in [4.78, 5) is 4.50.